The van der Waals surface area contributed by atoms with Crippen LogP contribution in [0.25, 0.3) is 0 Å². The lowest BCUT2D eigenvalue weighted by Crippen LogP contribution is -2.71. The quantitative estimate of drug-likeness (QED) is 0.163. The molecule has 0 radical (unpaired) electrons. The van der Waals surface area contributed by atoms with Crippen molar-refractivity contribution in [2.45, 2.75) is 211 Å². The molecule has 2 bridgehead atoms. The predicted octanol–water partition coefficient (Wildman–Crippen LogP) is 6.38. The highest BCUT2D eigenvalue weighted by atomic mass is 35.5. The highest BCUT2D eigenvalue weighted by molar-refractivity contribution is 6.42. The van der Waals surface area contributed by atoms with Gasteiger partial charge in [0.1, 0.15) is 53.9 Å². The van der Waals surface area contributed by atoms with Gasteiger partial charge in [0.05, 0.1) is 41.2 Å². The van der Waals surface area contributed by atoms with E-state index in [1.807, 2.05) is 27.7 Å². The summed E-state index contributed by atoms with van der Waals surface area (Å²) in [4.78, 5) is 192. The summed E-state index contributed by atoms with van der Waals surface area (Å²) in [6.07, 6.45) is -1.28. The molecule has 2 aromatic carbocycles. The van der Waals surface area contributed by atoms with Crippen LogP contribution in [0.2, 0.25) is 10.0 Å². The van der Waals surface area contributed by atoms with Crippen molar-refractivity contribution in [3.63, 3.8) is 0 Å². The molecule has 582 valence electrons. The van der Waals surface area contributed by atoms with E-state index in [0.717, 1.165) is 31.7 Å². The normalized spacial score (nSPS) is 25.9. The molecular weight excluding hydrogens is 1400 g/mol. The fourth-order valence-electron chi connectivity index (χ4n) is 15.0. The van der Waals surface area contributed by atoms with Crippen LogP contribution in [0.4, 0.5) is 13.2 Å². The highest BCUT2D eigenvalue weighted by Crippen LogP contribution is 2.49. The van der Waals surface area contributed by atoms with Gasteiger partial charge in [-0.05, 0) is 105 Å². The van der Waals surface area contributed by atoms with Crippen molar-refractivity contribution in [3.05, 3.63) is 81.4 Å². The second-order valence-corrected chi connectivity index (χ2v) is 30.5. The van der Waals surface area contributed by atoms with Crippen LogP contribution in [0, 0.1) is 17.3 Å². The number of hydrogen-bond acceptors (Lipinski definition) is 13. The number of ether oxygens (including phenoxy) is 1. The lowest BCUT2D eigenvalue weighted by atomic mass is 9.58. The number of halogens is 5. The van der Waals surface area contributed by atoms with Gasteiger partial charge in [-0.3, -0.25) is 57.5 Å². The van der Waals surface area contributed by atoms with E-state index < -0.39 is 179 Å². The maximum atomic E-state index is 15.7. The van der Waals surface area contributed by atoms with E-state index in [-0.39, 0.29) is 93.1 Å². The number of amides is 12. The molecule has 2 aromatic rings. The van der Waals surface area contributed by atoms with E-state index in [9.17, 15) is 41.9 Å². The molecule has 3 heterocycles. The molecule has 3 fully saturated rings. The first-order valence-electron chi connectivity index (χ1n) is 36.4. The number of carbonyl (C=O) groups is 12. The molecule has 12 amide bonds. The topological polar surface area (TPSA) is 279 Å². The summed E-state index contributed by atoms with van der Waals surface area (Å²) in [5.74, 6) is -9.90. The fraction of sp³-hybridized carbons (Fsp3) is 0.653. The summed E-state index contributed by atoms with van der Waals surface area (Å²) in [6, 6.07) is -2.02. The van der Waals surface area contributed by atoms with Crippen LogP contribution in [-0.2, 0) is 81.3 Å². The van der Waals surface area contributed by atoms with E-state index in [1.54, 1.807) is 58.0 Å². The lowest BCUT2D eigenvalue weighted by Gasteiger charge is -2.54. The van der Waals surface area contributed by atoms with Crippen molar-refractivity contribution in [1.82, 2.24) is 60.0 Å². The largest absolute Gasteiger partial charge is 0.416 e. The van der Waals surface area contributed by atoms with Crippen LogP contribution in [0.1, 0.15) is 149 Å². The van der Waals surface area contributed by atoms with Crippen LogP contribution in [-0.4, -0.2) is 264 Å². The van der Waals surface area contributed by atoms with E-state index in [4.69, 9.17) is 27.9 Å². The van der Waals surface area contributed by atoms with Gasteiger partial charge in [0.2, 0.25) is 70.9 Å². The Bertz CT molecular complexity index is 3510. The number of hydrogen-bond donors (Lipinski definition) is 3. The number of alkyl halides is 3. The minimum absolute atomic E-state index is 0.0518. The molecule has 3 N–H and O–H groups in total. The Kier molecular flexibility index (Phi) is 30.4. The Hall–Kier alpha value is -7.85. The lowest BCUT2D eigenvalue weighted by molar-refractivity contribution is -0.161. The molecule has 2 saturated heterocycles. The molecule has 3 aliphatic heterocycles. The van der Waals surface area contributed by atoms with Crippen molar-refractivity contribution in [2.24, 2.45) is 17.3 Å². The monoisotopic (exact) mass is 1510 g/mol. The van der Waals surface area contributed by atoms with Gasteiger partial charge in [0.15, 0.2) is 0 Å². The van der Waals surface area contributed by atoms with E-state index in [2.05, 4.69) is 16.0 Å². The van der Waals surface area contributed by atoms with Crippen molar-refractivity contribution in [1.29, 1.82) is 0 Å². The third kappa shape index (κ3) is 21.1. The average molecular weight is 1510 g/mol. The molecule has 4 aliphatic rings. The molecule has 6 rings (SSSR count). The molecule has 0 unspecified atom stereocenters. The van der Waals surface area contributed by atoms with E-state index >= 15 is 28.8 Å². The molecule has 1 aliphatic carbocycles. The summed E-state index contributed by atoms with van der Waals surface area (Å²) < 4.78 is 48.0. The number of aryl methyl sites for hydroxylation is 1. The van der Waals surface area contributed by atoms with Gasteiger partial charge in [-0.15, -0.1) is 0 Å². The van der Waals surface area contributed by atoms with Gasteiger partial charge < -0.3 is 64.8 Å². The summed E-state index contributed by atoms with van der Waals surface area (Å²) in [5.41, 5.74) is -2.37. The average Bonchev–Trinajstić information content (AvgIpc) is 1.30. The van der Waals surface area contributed by atoms with Crippen molar-refractivity contribution in [2.75, 3.05) is 89.2 Å². The van der Waals surface area contributed by atoms with Crippen LogP contribution in [0.3, 0.4) is 0 Å². The van der Waals surface area contributed by atoms with Gasteiger partial charge in [-0.25, -0.2) is 0 Å². The zero-order valence-corrected chi connectivity index (χ0v) is 65.2. The van der Waals surface area contributed by atoms with E-state index in [0.29, 0.717) is 31.2 Å². The summed E-state index contributed by atoms with van der Waals surface area (Å²) in [6.45, 7) is 13.1. The predicted molar refractivity (Wildman–Crippen MR) is 390 cm³/mol. The summed E-state index contributed by atoms with van der Waals surface area (Å²) >= 11 is 12.8. The Balaban J connectivity index is 1.51. The third-order valence-corrected chi connectivity index (χ3v) is 21.9. The fourth-order valence-corrected chi connectivity index (χ4v) is 15.3. The molecule has 0 aromatic heterocycles. The van der Waals surface area contributed by atoms with E-state index in [1.165, 1.54) is 93.0 Å². The molecule has 25 nitrogen and oxygen atoms in total. The highest BCUT2D eigenvalue weighted by Gasteiger charge is 2.59. The molecule has 105 heavy (non-hydrogen) atoms. The molecule has 1 saturated carbocycles. The smallest absolute Gasteiger partial charge is 0.377 e. The first-order valence-corrected chi connectivity index (χ1v) is 37.1. The Morgan fingerprint density at radius 1 is 0.676 bits per heavy atom. The van der Waals surface area contributed by atoms with Crippen LogP contribution >= 0.6 is 23.2 Å². The zero-order chi connectivity index (χ0) is 78.5. The third-order valence-electron chi connectivity index (χ3n) is 21.2. The van der Waals surface area contributed by atoms with Crippen LogP contribution in [0.15, 0.2) is 54.6 Å². The van der Waals surface area contributed by atoms with Gasteiger partial charge >= 0.3 is 6.18 Å². The standard InChI is InChI=1S/C75H109Cl2F3N12O13/c1-17-25-54-64(96)82-62(45(6)18-2)70(102)86(12)42-61(95)88(14)55-26-23-22-24-35-91(69(55)101)58(37-47-27-31-49(32-28-47)75(78,79)80)68(100)85(11)41-59(93)81-53(34-30-46-29-33-51(76)52(77)36-46)66(98)92-40-50(105-21-5)38-56(92)65(97)83-74(43-73(7,8)44-74)72(104)90(16)63(48(19-3)20-4)71(103)89(15)57(67(99)84(9)10)39-60(94)87(54)13/h22-23,27-29,31-33,36,45,48,50,53-58,62-63H,17-21,24-26,30,34-35,37-44H2,1-16H3,(H,81,93)(H,82,96)(H,83,97)/b23-22-/t45-,50+,53-,54-,55-,56-,57-,58-,62-,63-/m0/s1. The second-order valence-electron chi connectivity index (χ2n) is 29.7. The Labute approximate surface area is 625 Å². The molecule has 30 heteroatoms. The van der Waals surface area contributed by atoms with Crippen LogP contribution in [0.5, 0.6) is 0 Å². The van der Waals surface area contributed by atoms with Crippen molar-refractivity contribution in [3.8, 4) is 0 Å². The minimum Gasteiger partial charge on any atom is -0.377 e. The van der Waals surface area contributed by atoms with Crippen LogP contribution < -0.4 is 16.0 Å². The van der Waals surface area contributed by atoms with Gasteiger partial charge in [-0.1, -0.05) is 128 Å². The van der Waals surface area contributed by atoms with Gasteiger partial charge in [0.25, 0.3) is 0 Å². The second kappa shape index (κ2) is 37.1. The number of nitrogens with zero attached hydrogens (tertiary/aromatic N) is 9. The minimum atomic E-state index is -4.72. The number of rotatable bonds is 15. The maximum Gasteiger partial charge on any atom is 0.416 e. The Morgan fingerprint density at radius 2 is 1.30 bits per heavy atom. The SMILES string of the molecule is CCC[C@H]1C(=O)N[C@@H]([C@@H](C)CC)C(=O)N(C)CC(=O)N(C)[C@H]2C/C=C\CCN(C2=O)[C@@H](Cc2ccc(C(F)(F)F)cc2)C(=O)N(C)CC(=O)N[C@@H](CCc2ccc(Cl)c(Cl)c2)C(=O)N2C[C@H](OCC)C[C@H]2C(=O)NC2(CC(C)(C)C2)C(=O)N(C)[C@@H](C(CC)CC)C(=O)N(C)[C@H](C(=O)N(C)C)CC(=O)N1C. The number of carbonyl (C=O) groups excluding carboxylic acids is 12. The molecule has 10 atom stereocenters. The number of benzene rings is 2. The summed E-state index contributed by atoms with van der Waals surface area (Å²) in [5, 5.41) is 9.18. The Morgan fingerprint density at radius 3 is 1.88 bits per heavy atom. The first kappa shape index (κ1) is 86.1. The number of likely N-dealkylation sites (N-methyl/N-ethyl adjacent to an activating group) is 7. The van der Waals surface area contributed by atoms with Crippen molar-refractivity contribution < 1.29 is 75.4 Å². The summed E-state index contributed by atoms with van der Waals surface area (Å²) in [7, 11) is 11.1. The molecule has 1 spiro atoms. The zero-order valence-electron chi connectivity index (χ0n) is 63.7. The van der Waals surface area contributed by atoms with Gasteiger partial charge in [-0.2, -0.15) is 13.2 Å². The number of nitrogens with one attached hydrogen (secondary N) is 3. The van der Waals surface area contributed by atoms with Gasteiger partial charge in [0, 0.05) is 88.9 Å². The van der Waals surface area contributed by atoms with Crippen molar-refractivity contribution >= 4 is 94.1 Å². The maximum absolute atomic E-state index is 15.7. The first-order chi connectivity index (χ1) is 49.2. The molecular formula is C75H109Cl2F3N12O13. The number of fused-ring (bicyclic) bond motifs is 3.